The fourth-order valence-electron chi connectivity index (χ4n) is 2.25. The van der Waals surface area contributed by atoms with E-state index < -0.39 is 11.4 Å². The zero-order valence-electron chi connectivity index (χ0n) is 11.2. The zero-order chi connectivity index (χ0) is 14.8. The lowest BCUT2D eigenvalue weighted by molar-refractivity contribution is 0.413. The molecule has 0 saturated heterocycles. The third-order valence-corrected chi connectivity index (χ3v) is 3.86. The van der Waals surface area contributed by atoms with Crippen LogP contribution in [-0.4, -0.2) is 0 Å². The second-order valence-corrected chi connectivity index (χ2v) is 5.32. The molecular weight excluding hydrogens is 280 g/mol. The van der Waals surface area contributed by atoms with Gasteiger partial charge in [0.15, 0.2) is 0 Å². The first kappa shape index (κ1) is 14.9. The number of hydrogen-bond donors (Lipinski definition) is 1. The molecule has 1 unspecified atom stereocenters. The van der Waals surface area contributed by atoms with Crippen molar-refractivity contribution in [2.45, 2.75) is 25.3 Å². The maximum Gasteiger partial charge on any atom is 0.145 e. The van der Waals surface area contributed by atoms with E-state index in [1.165, 1.54) is 18.2 Å². The summed E-state index contributed by atoms with van der Waals surface area (Å²) in [7, 11) is 0. The molecule has 0 amide bonds. The molecule has 0 spiro atoms. The molecule has 4 heteroatoms. The van der Waals surface area contributed by atoms with Crippen LogP contribution in [0, 0.1) is 11.6 Å². The maximum atomic E-state index is 14.0. The molecule has 0 aliphatic heterocycles. The lowest BCUT2D eigenvalue weighted by Crippen LogP contribution is -2.38. The zero-order valence-corrected chi connectivity index (χ0v) is 11.9. The number of nitrogens with two attached hydrogens (primary N) is 1. The highest BCUT2D eigenvalue weighted by Gasteiger charge is 2.27. The smallest absolute Gasteiger partial charge is 0.145 e. The molecule has 2 rings (SSSR count). The van der Waals surface area contributed by atoms with Crippen molar-refractivity contribution in [3.8, 4) is 0 Å². The second-order valence-electron chi connectivity index (χ2n) is 4.91. The highest BCUT2D eigenvalue weighted by molar-refractivity contribution is 6.30. The predicted octanol–water partition coefficient (Wildman–Crippen LogP) is 4.42. The van der Waals surface area contributed by atoms with Crippen molar-refractivity contribution in [1.29, 1.82) is 0 Å². The summed E-state index contributed by atoms with van der Waals surface area (Å²) in [5.41, 5.74) is 6.62. The van der Waals surface area contributed by atoms with Crippen LogP contribution in [0.15, 0.2) is 42.5 Å². The van der Waals surface area contributed by atoms with Crippen molar-refractivity contribution in [3.05, 3.63) is 70.2 Å². The summed E-state index contributed by atoms with van der Waals surface area (Å²) in [6, 6.07) is 10.9. The van der Waals surface area contributed by atoms with Gasteiger partial charge in [-0.3, -0.25) is 0 Å². The molecule has 0 aliphatic rings. The molecule has 2 aromatic carbocycles. The SMILES string of the molecule is CCC(N)(Cc1cccc(Cl)c1F)c1cccc(F)c1. The van der Waals surface area contributed by atoms with Crippen molar-refractivity contribution < 1.29 is 8.78 Å². The van der Waals surface area contributed by atoms with Crippen LogP contribution in [0.2, 0.25) is 5.02 Å². The molecule has 2 aromatic rings. The third kappa shape index (κ3) is 3.00. The first-order chi connectivity index (χ1) is 9.46. The predicted molar refractivity (Wildman–Crippen MR) is 77.7 cm³/mol. The van der Waals surface area contributed by atoms with Crippen molar-refractivity contribution in [1.82, 2.24) is 0 Å². The average molecular weight is 296 g/mol. The van der Waals surface area contributed by atoms with Crippen LogP contribution in [-0.2, 0) is 12.0 Å². The fraction of sp³-hybridized carbons (Fsp3) is 0.250. The average Bonchev–Trinajstić information content (AvgIpc) is 2.44. The van der Waals surface area contributed by atoms with Crippen LogP contribution in [0.5, 0.6) is 0 Å². The molecule has 0 heterocycles. The van der Waals surface area contributed by atoms with Gasteiger partial charge in [-0.05, 0) is 42.2 Å². The highest BCUT2D eigenvalue weighted by atomic mass is 35.5. The van der Waals surface area contributed by atoms with Gasteiger partial charge in [-0.1, -0.05) is 42.8 Å². The molecule has 0 fully saturated rings. The van der Waals surface area contributed by atoms with Gasteiger partial charge in [0.2, 0.25) is 0 Å². The first-order valence-corrected chi connectivity index (χ1v) is 6.82. The van der Waals surface area contributed by atoms with Crippen molar-refractivity contribution in [2.75, 3.05) is 0 Å². The molecule has 0 bridgehead atoms. The van der Waals surface area contributed by atoms with Gasteiger partial charge in [0.05, 0.1) is 5.02 Å². The standard InChI is InChI=1S/C16H16ClF2N/c1-2-16(20,12-6-4-7-13(18)9-12)10-11-5-3-8-14(17)15(11)19/h3-9H,2,10,20H2,1H3. The molecule has 0 saturated carbocycles. The Morgan fingerprint density at radius 1 is 1.15 bits per heavy atom. The Labute approximate surface area is 122 Å². The van der Waals surface area contributed by atoms with E-state index in [0.29, 0.717) is 17.5 Å². The molecule has 1 atom stereocenters. The van der Waals surface area contributed by atoms with Gasteiger partial charge < -0.3 is 5.73 Å². The van der Waals surface area contributed by atoms with Crippen LogP contribution < -0.4 is 5.73 Å². The van der Waals surface area contributed by atoms with Gasteiger partial charge in [0.1, 0.15) is 11.6 Å². The van der Waals surface area contributed by atoms with Gasteiger partial charge in [-0.2, -0.15) is 0 Å². The Bertz CT molecular complexity index is 615. The van der Waals surface area contributed by atoms with E-state index in [4.69, 9.17) is 17.3 Å². The molecule has 0 radical (unpaired) electrons. The van der Waals surface area contributed by atoms with Crippen molar-refractivity contribution in [3.63, 3.8) is 0 Å². The monoisotopic (exact) mass is 295 g/mol. The Kier molecular flexibility index (Phi) is 4.41. The highest BCUT2D eigenvalue weighted by Crippen LogP contribution is 2.29. The minimum Gasteiger partial charge on any atom is -0.321 e. The number of benzene rings is 2. The minimum atomic E-state index is -0.826. The van der Waals surface area contributed by atoms with Crippen LogP contribution in [0.25, 0.3) is 0 Å². The lowest BCUT2D eigenvalue weighted by atomic mass is 9.82. The van der Waals surface area contributed by atoms with Gasteiger partial charge in [-0.25, -0.2) is 8.78 Å². The van der Waals surface area contributed by atoms with Gasteiger partial charge in [0, 0.05) is 5.54 Å². The van der Waals surface area contributed by atoms with E-state index in [1.54, 1.807) is 24.3 Å². The third-order valence-electron chi connectivity index (χ3n) is 3.57. The summed E-state index contributed by atoms with van der Waals surface area (Å²) in [5, 5.41) is 0.0696. The molecular formula is C16H16ClF2N. The fourth-order valence-corrected chi connectivity index (χ4v) is 2.45. The van der Waals surface area contributed by atoms with E-state index >= 15 is 0 Å². The number of rotatable bonds is 4. The van der Waals surface area contributed by atoms with Crippen LogP contribution in [0.3, 0.4) is 0 Å². The normalized spacial score (nSPS) is 14.1. The van der Waals surface area contributed by atoms with E-state index in [9.17, 15) is 8.78 Å². The maximum absolute atomic E-state index is 14.0. The summed E-state index contributed by atoms with van der Waals surface area (Å²) in [5.74, 6) is -0.814. The molecule has 0 aromatic heterocycles. The number of halogens is 3. The van der Waals surface area contributed by atoms with Crippen molar-refractivity contribution in [2.24, 2.45) is 5.73 Å². The summed E-state index contributed by atoms with van der Waals surface area (Å²) >= 11 is 5.78. The topological polar surface area (TPSA) is 26.0 Å². The van der Waals surface area contributed by atoms with Gasteiger partial charge in [-0.15, -0.1) is 0 Å². The number of hydrogen-bond acceptors (Lipinski definition) is 1. The van der Waals surface area contributed by atoms with Gasteiger partial charge in [0.25, 0.3) is 0 Å². The Morgan fingerprint density at radius 3 is 2.50 bits per heavy atom. The second kappa shape index (κ2) is 5.90. The van der Waals surface area contributed by atoms with Crippen LogP contribution in [0.4, 0.5) is 8.78 Å². The Hall–Kier alpha value is -1.45. The summed E-state index contributed by atoms with van der Waals surface area (Å²) in [6.07, 6.45) is 0.821. The summed E-state index contributed by atoms with van der Waals surface area (Å²) in [4.78, 5) is 0. The lowest BCUT2D eigenvalue weighted by Gasteiger charge is -2.29. The molecule has 2 N–H and O–H groups in total. The Balaban J connectivity index is 2.39. The van der Waals surface area contributed by atoms with Gasteiger partial charge >= 0.3 is 0 Å². The van der Waals surface area contributed by atoms with E-state index in [0.717, 1.165) is 0 Å². The molecule has 20 heavy (non-hydrogen) atoms. The van der Waals surface area contributed by atoms with E-state index in [-0.39, 0.29) is 17.3 Å². The van der Waals surface area contributed by atoms with Crippen LogP contribution in [0.1, 0.15) is 24.5 Å². The van der Waals surface area contributed by atoms with Crippen LogP contribution >= 0.6 is 11.6 Å². The summed E-state index contributed by atoms with van der Waals surface area (Å²) < 4.78 is 27.4. The van der Waals surface area contributed by atoms with E-state index in [1.807, 2.05) is 6.92 Å². The minimum absolute atomic E-state index is 0.0696. The summed E-state index contributed by atoms with van der Waals surface area (Å²) in [6.45, 7) is 1.90. The Morgan fingerprint density at radius 2 is 1.85 bits per heavy atom. The first-order valence-electron chi connectivity index (χ1n) is 6.44. The largest absolute Gasteiger partial charge is 0.321 e. The van der Waals surface area contributed by atoms with E-state index in [2.05, 4.69) is 0 Å². The van der Waals surface area contributed by atoms with Crippen molar-refractivity contribution >= 4 is 11.6 Å². The molecule has 1 nitrogen and oxygen atoms in total. The quantitative estimate of drug-likeness (QED) is 0.887. The molecule has 106 valence electrons. The molecule has 0 aliphatic carbocycles.